The van der Waals surface area contributed by atoms with Crippen molar-refractivity contribution >= 4 is 18.0 Å². The summed E-state index contributed by atoms with van der Waals surface area (Å²) in [6.45, 7) is 7.32. The SMILES string of the molecule is COCOc1cc(OC)cc2c1C(=O)O[C@@H](C)[C@H](C)/C=C\C(OC(=O)c1ccccc1)C1OC(C)(C)O[C@H]1C/C=C/2. The summed E-state index contributed by atoms with van der Waals surface area (Å²) in [4.78, 5) is 26.6. The number of carbonyl (C=O) groups excluding carboxylic acids is 2. The van der Waals surface area contributed by atoms with E-state index in [1.807, 2.05) is 39.0 Å². The Morgan fingerprint density at radius 2 is 1.80 bits per heavy atom. The van der Waals surface area contributed by atoms with E-state index in [1.54, 1.807) is 55.5 Å². The van der Waals surface area contributed by atoms with E-state index >= 15 is 0 Å². The van der Waals surface area contributed by atoms with Crippen LogP contribution in [-0.4, -0.2) is 63.2 Å². The maximum Gasteiger partial charge on any atom is 0.342 e. The first kappa shape index (κ1) is 30.3. The van der Waals surface area contributed by atoms with Crippen molar-refractivity contribution in [1.29, 1.82) is 0 Å². The Morgan fingerprint density at radius 1 is 1.05 bits per heavy atom. The summed E-state index contributed by atoms with van der Waals surface area (Å²) in [5.74, 6) is -1.36. The molecule has 4 rings (SSSR count). The van der Waals surface area contributed by atoms with Gasteiger partial charge in [0.15, 0.2) is 12.6 Å². The highest BCUT2D eigenvalue weighted by Gasteiger charge is 2.45. The summed E-state index contributed by atoms with van der Waals surface area (Å²) in [6.07, 6.45) is 5.44. The highest BCUT2D eigenvalue weighted by atomic mass is 16.8. The molecule has 5 atom stereocenters. The molecule has 41 heavy (non-hydrogen) atoms. The van der Waals surface area contributed by atoms with E-state index in [-0.39, 0.29) is 24.0 Å². The van der Waals surface area contributed by atoms with Crippen molar-refractivity contribution in [2.45, 2.75) is 64.3 Å². The van der Waals surface area contributed by atoms with Crippen LogP contribution < -0.4 is 9.47 Å². The van der Waals surface area contributed by atoms with Crippen LogP contribution in [0.3, 0.4) is 0 Å². The molecule has 2 aliphatic rings. The summed E-state index contributed by atoms with van der Waals surface area (Å²) in [5.41, 5.74) is 1.24. The largest absolute Gasteiger partial charge is 0.497 e. The van der Waals surface area contributed by atoms with E-state index in [9.17, 15) is 9.59 Å². The predicted octanol–water partition coefficient (Wildman–Crippen LogP) is 5.58. The predicted molar refractivity (Wildman–Crippen MR) is 152 cm³/mol. The summed E-state index contributed by atoms with van der Waals surface area (Å²) in [5, 5.41) is 0. The van der Waals surface area contributed by atoms with Gasteiger partial charge in [0.2, 0.25) is 0 Å². The lowest BCUT2D eigenvalue weighted by molar-refractivity contribution is -0.152. The van der Waals surface area contributed by atoms with Gasteiger partial charge in [-0.2, -0.15) is 0 Å². The molecule has 0 saturated carbocycles. The minimum absolute atomic E-state index is 0.0571. The smallest absolute Gasteiger partial charge is 0.342 e. The van der Waals surface area contributed by atoms with Gasteiger partial charge in [0.25, 0.3) is 0 Å². The molecule has 220 valence electrons. The third-order valence-corrected chi connectivity index (χ3v) is 6.98. The number of rotatable bonds is 6. The Morgan fingerprint density at radius 3 is 2.51 bits per heavy atom. The normalized spacial score (nSPS) is 27.4. The van der Waals surface area contributed by atoms with Crippen molar-refractivity contribution in [1.82, 2.24) is 0 Å². The number of hydrogen-bond donors (Lipinski definition) is 0. The molecule has 0 amide bonds. The zero-order valence-corrected chi connectivity index (χ0v) is 24.3. The van der Waals surface area contributed by atoms with Gasteiger partial charge in [-0.1, -0.05) is 43.4 Å². The molecule has 2 aromatic carbocycles. The van der Waals surface area contributed by atoms with Crippen LogP contribution in [0.5, 0.6) is 11.5 Å². The van der Waals surface area contributed by atoms with Crippen LogP contribution in [-0.2, 0) is 23.7 Å². The monoisotopic (exact) mass is 566 g/mol. The Labute approximate surface area is 241 Å². The fourth-order valence-electron chi connectivity index (χ4n) is 4.73. The van der Waals surface area contributed by atoms with Crippen molar-refractivity contribution in [3.63, 3.8) is 0 Å². The molecule has 0 N–H and O–H groups in total. The van der Waals surface area contributed by atoms with Crippen molar-refractivity contribution in [2.75, 3.05) is 21.0 Å². The maximum absolute atomic E-state index is 13.5. The molecule has 0 bridgehead atoms. The lowest BCUT2D eigenvalue weighted by Gasteiger charge is -2.25. The van der Waals surface area contributed by atoms with Gasteiger partial charge >= 0.3 is 11.9 Å². The number of hydrogen-bond acceptors (Lipinski definition) is 9. The molecule has 0 spiro atoms. The van der Waals surface area contributed by atoms with Crippen LogP contribution in [0.4, 0.5) is 0 Å². The standard InChI is InChI=1S/C32H38O9/c1-20-15-16-25(39-30(33)22-11-8-7-9-12-22)29-26(40-32(3,4)41-29)14-10-13-23-17-24(36-6)18-27(37-19-35-5)28(23)31(34)38-21(20)2/h7-13,15-18,20-21,25-26,29H,14,19H2,1-6H3/b13-10+,16-15-/t20-,21+,25?,26+,29?/m1/s1. The molecule has 9 heteroatoms. The van der Waals surface area contributed by atoms with Gasteiger partial charge < -0.3 is 33.2 Å². The number of methoxy groups -OCH3 is 2. The van der Waals surface area contributed by atoms with Gasteiger partial charge in [0, 0.05) is 19.1 Å². The second-order valence-corrected chi connectivity index (χ2v) is 10.5. The van der Waals surface area contributed by atoms with E-state index in [1.165, 1.54) is 14.2 Å². The number of esters is 2. The van der Waals surface area contributed by atoms with E-state index in [4.69, 9.17) is 33.2 Å². The van der Waals surface area contributed by atoms with Crippen molar-refractivity contribution < 1.29 is 42.7 Å². The first-order valence-corrected chi connectivity index (χ1v) is 13.6. The number of benzene rings is 2. The Kier molecular flexibility index (Phi) is 9.86. The molecule has 1 fully saturated rings. The van der Waals surface area contributed by atoms with Crippen LogP contribution in [0.2, 0.25) is 0 Å². The minimum atomic E-state index is -0.900. The van der Waals surface area contributed by atoms with Crippen LogP contribution in [0.1, 0.15) is 60.4 Å². The lowest BCUT2D eigenvalue weighted by atomic mass is 9.98. The molecular formula is C32H38O9. The summed E-state index contributed by atoms with van der Waals surface area (Å²) >= 11 is 0. The van der Waals surface area contributed by atoms with E-state index in [2.05, 4.69) is 0 Å². The molecule has 2 heterocycles. The topological polar surface area (TPSA) is 98.8 Å². The minimum Gasteiger partial charge on any atom is -0.497 e. The van der Waals surface area contributed by atoms with Crippen LogP contribution in [0.15, 0.2) is 60.7 Å². The fraction of sp³-hybridized carbons (Fsp3) is 0.438. The van der Waals surface area contributed by atoms with Gasteiger partial charge in [-0.3, -0.25) is 0 Å². The average molecular weight is 567 g/mol. The second kappa shape index (κ2) is 13.3. The number of fused-ring (bicyclic) bond motifs is 2. The summed E-state index contributed by atoms with van der Waals surface area (Å²) < 4.78 is 40.7. The Bertz CT molecular complexity index is 1270. The number of ether oxygens (including phenoxy) is 7. The first-order chi connectivity index (χ1) is 19.6. The molecule has 0 radical (unpaired) electrons. The quantitative estimate of drug-likeness (QED) is 0.252. The number of cyclic esters (lactones) is 1. The third-order valence-electron chi connectivity index (χ3n) is 6.98. The molecule has 0 aliphatic carbocycles. The molecule has 0 aromatic heterocycles. The van der Waals surface area contributed by atoms with E-state index in [0.717, 1.165) is 0 Å². The molecule has 1 saturated heterocycles. The molecular weight excluding hydrogens is 528 g/mol. The number of carbonyl (C=O) groups is 2. The Hall–Kier alpha value is -3.66. The summed E-state index contributed by atoms with van der Waals surface area (Å²) in [7, 11) is 3.04. The summed E-state index contributed by atoms with van der Waals surface area (Å²) in [6, 6.07) is 12.2. The maximum atomic E-state index is 13.5. The van der Waals surface area contributed by atoms with E-state index in [0.29, 0.717) is 23.3 Å². The van der Waals surface area contributed by atoms with Gasteiger partial charge in [-0.25, -0.2) is 9.59 Å². The third kappa shape index (κ3) is 7.55. The Balaban J connectivity index is 1.74. The lowest BCUT2D eigenvalue weighted by Crippen LogP contribution is -2.37. The van der Waals surface area contributed by atoms with Crippen LogP contribution >= 0.6 is 0 Å². The zero-order valence-electron chi connectivity index (χ0n) is 24.3. The molecule has 2 aromatic rings. The fourth-order valence-corrected chi connectivity index (χ4v) is 4.73. The average Bonchev–Trinajstić information content (AvgIpc) is 3.27. The second-order valence-electron chi connectivity index (χ2n) is 10.5. The van der Waals surface area contributed by atoms with Gasteiger partial charge in [-0.15, -0.1) is 0 Å². The van der Waals surface area contributed by atoms with E-state index < -0.39 is 42.1 Å². The van der Waals surface area contributed by atoms with Gasteiger partial charge in [0.05, 0.1) is 18.8 Å². The van der Waals surface area contributed by atoms with Crippen LogP contribution in [0, 0.1) is 5.92 Å². The van der Waals surface area contributed by atoms with Crippen molar-refractivity contribution in [2.24, 2.45) is 5.92 Å². The van der Waals surface area contributed by atoms with Gasteiger partial charge in [-0.05, 0) is 57.0 Å². The molecule has 2 aliphatic heterocycles. The van der Waals surface area contributed by atoms with Crippen LogP contribution in [0.25, 0.3) is 6.08 Å². The first-order valence-electron chi connectivity index (χ1n) is 13.6. The van der Waals surface area contributed by atoms with Crippen molar-refractivity contribution in [3.05, 3.63) is 77.4 Å². The molecule has 9 nitrogen and oxygen atoms in total. The molecule has 2 unspecified atom stereocenters. The van der Waals surface area contributed by atoms with Crippen molar-refractivity contribution in [3.8, 4) is 11.5 Å². The van der Waals surface area contributed by atoms with Gasteiger partial charge in [0.1, 0.15) is 35.4 Å². The zero-order chi connectivity index (χ0) is 29.6. The highest BCUT2D eigenvalue weighted by molar-refractivity contribution is 5.97. The highest BCUT2D eigenvalue weighted by Crippen LogP contribution is 2.36.